The highest BCUT2D eigenvalue weighted by Gasteiger charge is 2.49. The van der Waals surface area contributed by atoms with Gasteiger partial charge in [0.2, 0.25) is 11.8 Å². The Morgan fingerprint density at radius 2 is 1.95 bits per heavy atom. The number of amides is 2. The van der Waals surface area contributed by atoms with Crippen LogP contribution in [0.1, 0.15) is 57.8 Å². The molecule has 2 aliphatic heterocycles. The van der Waals surface area contributed by atoms with E-state index in [0.717, 1.165) is 47.2 Å². The molecule has 0 radical (unpaired) electrons. The summed E-state index contributed by atoms with van der Waals surface area (Å²) in [4.78, 5) is 46.9. The highest BCUT2D eigenvalue weighted by molar-refractivity contribution is 7.20. The lowest BCUT2D eigenvalue weighted by atomic mass is 9.96. The van der Waals surface area contributed by atoms with Crippen molar-refractivity contribution in [3.8, 4) is 5.19 Å². The number of aromatic nitrogens is 1. The minimum atomic E-state index is -1.38. The molecular weight excluding hydrogens is 588 g/mol. The SMILES string of the molecule is O=C1N[C@]2(C(=O)O)CC/C(=C/CCCCC[C@H](Nc3ccc(Cl)cc3)C(=O)N3C[C@H](Oc4nc5ccccc5s4)C[C@@H]13)C2. The summed E-state index contributed by atoms with van der Waals surface area (Å²) in [5, 5.41) is 17.6. The summed E-state index contributed by atoms with van der Waals surface area (Å²) in [7, 11) is 0. The third-order valence-corrected chi connectivity index (χ3v) is 9.86. The number of carboxylic acid groups (broad SMARTS) is 1. The fourth-order valence-electron chi connectivity index (χ4n) is 6.37. The number of allylic oxidation sites excluding steroid dienone is 1. The fourth-order valence-corrected chi connectivity index (χ4v) is 7.38. The van der Waals surface area contributed by atoms with Crippen molar-refractivity contribution in [2.75, 3.05) is 11.9 Å². The van der Waals surface area contributed by atoms with Crippen LogP contribution in [-0.4, -0.2) is 63.0 Å². The molecule has 2 fully saturated rings. The van der Waals surface area contributed by atoms with Crippen molar-refractivity contribution in [3.63, 3.8) is 0 Å². The maximum Gasteiger partial charge on any atom is 0.329 e. The standard InChI is InChI=1S/C32H35ClN4O5S/c33-21-11-13-22(14-12-21)34-25-9-4-2-1-3-7-20-15-16-32(18-20,30(40)41)36-28(38)26-17-23(19-37(26)29(25)39)42-31-35-24-8-5-6-10-27(24)43-31/h5-8,10-14,23,25-26,34H,1-4,9,15-19H2,(H,36,38)(H,40,41)/b20-7-/t23-,25+,26+,32-/m1/s1. The van der Waals surface area contributed by atoms with E-state index in [9.17, 15) is 19.5 Å². The van der Waals surface area contributed by atoms with Gasteiger partial charge in [0.25, 0.3) is 5.19 Å². The fraction of sp³-hybridized carbons (Fsp3) is 0.438. The first-order valence-corrected chi connectivity index (χ1v) is 16.1. The predicted molar refractivity (Wildman–Crippen MR) is 167 cm³/mol. The van der Waals surface area contributed by atoms with Crippen LogP contribution in [0.2, 0.25) is 5.02 Å². The van der Waals surface area contributed by atoms with Crippen molar-refractivity contribution in [1.82, 2.24) is 15.2 Å². The van der Waals surface area contributed by atoms with E-state index >= 15 is 0 Å². The number of thiazole rings is 1. The lowest BCUT2D eigenvalue weighted by Gasteiger charge is -2.32. The van der Waals surface area contributed by atoms with E-state index < -0.39 is 35.6 Å². The Bertz CT molecular complexity index is 1510. The normalized spacial score (nSPS) is 27.9. The van der Waals surface area contributed by atoms with Gasteiger partial charge in [0.1, 0.15) is 23.7 Å². The summed E-state index contributed by atoms with van der Waals surface area (Å²) in [6, 6.07) is 13.5. The van der Waals surface area contributed by atoms with Gasteiger partial charge in [0, 0.05) is 23.6 Å². The van der Waals surface area contributed by atoms with Gasteiger partial charge in [-0.1, -0.05) is 59.6 Å². The molecule has 43 heavy (non-hydrogen) atoms. The van der Waals surface area contributed by atoms with Crippen LogP contribution in [0.15, 0.2) is 60.2 Å². The van der Waals surface area contributed by atoms with Crippen molar-refractivity contribution < 1.29 is 24.2 Å². The molecule has 2 amide bonds. The largest absolute Gasteiger partial charge is 0.479 e. The Hall–Kier alpha value is -3.63. The molecule has 6 rings (SSSR count). The van der Waals surface area contributed by atoms with E-state index in [-0.39, 0.29) is 25.3 Å². The van der Waals surface area contributed by atoms with Crippen LogP contribution < -0.4 is 15.4 Å². The van der Waals surface area contributed by atoms with Gasteiger partial charge < -0.3 is 25.4 Å². The summed E-state index contributed by atoms with van der Waals surface area (Å²) in [6.07, 6.45) is 7.28. The third-order valence-electron chi connectivity index (χ3n) is 8.68. The Labute approximate surface area is 259 Å². The molecular formula is C32H35ClN4O5S. The molecule has 226 valence electrons. The second-order valence-electron chi connectivity index (χ2n) is 11.7. The van der Waals surface area contributed by atoms with Crippen molar-refractivity contribution >= 4 is 56.6 Å². The van der Waals surface area contributed by atoms with Crippen molar-refractivity contribution in [2.24, 2.45) is 0 Å². The number of benzene rings is 2. The van der Waals surface area contributed by atoms with E-state index in [1.165, 1.54) is 11.3 Å². The number of halogens is 1. The number of hydrogen-bond acceptors (Lipinski definition) is 7. The van der Waals surface area contributed by atoms with Crippen LogP contribution in [0.25, 0.3) is 10.2 Å². The quantitative estimate of drug-likeness (QED) is 0.308. The van der Waals surface area contributed by atoms with Crippen molar-refractivity contribution in [2.45, 2.75) is 81.5 Å². The smallest absolute Gasteiger partial charge is 0.329 e. The first-order chi connectivity index (χ1) is 20.8. The first-order valence-electron chi connectivity index (χ1n) is 14.9. The average molecular weight is 623 g/mol. The molecule has 11 heteroatoms. The topological polar surface area (TPSA) is 121 Å². The Balaban J connectivity index is 1.30. The van der Waals surface area contributed by atoms with Crippen LogP contribution in [0.3, 0.4) is 0 Å². The van der Waals surface area contributed by atoms with Gasteiger partial charge in [-0.3, -0.25) is 9.59 Å². The molecule has 1 aliphatic carbocycles. The molecule has 4 atom stereocenters. The molecule has 3 aliphatic rings. The summed E-state index contributed by atoms with van der Waals surface area (Å²) in [5.74, 6) is -1.73. The number of carboxylic acids is 1. The summed E-state index contributed by atoms with van der Waals surface area (Å²) in [5.41, 5.74) is 1.27. The van der Waals surface area contributed by atoms with Gasteiger partial charge in [-0.15, -0.1) is 0 Å². The maximum absolute atomic E-state index is 14.3. The molecule has 2 bridgehead atoms. The van der Waals surface area contributed by atoms with Crippen molar-refractivity contribution in [3.05, 3.63) is 65.2 Å². The van der Waals surface area contributed by atoms with E-state index in [0.29, 0.717) is 29.5 Å². The molecule has 1 saturated carbocycles. The number of anilines is 1. The Morgan fingerprint density at radius 3 is 2.74 bits per heavy atom. The second kappa shape index (κ2) is 12.5. The van der Waals surface area contributed by atoms with Crippen molar-refractivity contribution in [1.29, 1.82) is 0 Å². The first kappa shape index (κ1) is 29.4. The van der Waals surface area contributed by atoms with Gasteiger partial charge in [-0.2, -0.15) is 0 Å². The number of para-hydroxylation sites is 1. The van der Waals surface area contributed by atoms with Gasteiger partial charge in [0.05, 0.1) is 16.8 Å². The molecule has 0 unspecified atom stereocenters. The Kier molecular flexibility index (Phi) is 8.59. The molecule has 2 aromatic carbocycles. The number of carbonyl (C=O) groups is 3. The van der Waals surface area contributed by atoms with Crippen LogP contribution in [0.4, 0.5) is 5.69 Å². The lowest BCUT2D eigenvalue weighted by Crippen LogP contribution is -2.58. The number of ether oxygens (including phenoxy) is 1. The third kappa shape index (κ3) is 6.50. The van der Waals surface area contributed by atoms with Crippen LogP contribution in [0.5, 0.6) is 5.19 Å². The number of hydrogen-bond donors (Lipinski definition) is 3. The molecule has 3 heterocycles. The molecule has 1 aromatic heterocycles. The molecule has 9 nitrogen and oxygen atoms in total. The zero-order valence-corrected chi connectivity index (χ0v) is 25.3. The molecule has 3 aromatic rings. The van der Waals surface area contributed by atoms with Gasteiger partial charge in [0.15, 0.2) is 0 Å². The number of rotatable bonds is 5. The van der Waals surface area contributed by atoms with E-state index in [1.807, 2.05) is 36.4 Å². The molecule has 1 saturated heterocycles. The van der Waals surface area contributed by atoms with E-state index in [1.54, 1.807) is 17.0 Å². The van der Waals surface area contributed by atoms with Crippen LogP contribution in [0, 0.1) is 0 Å². The number of nitrogens with zero attached hydrogens (tertiary/aromatic N) is 2. The number of aliphatic carboxylic acids is 1. The summed E-state index contributed by atoms with van der Waals surface area (Å²) in [6.45, 7) is 0.191. The molecule has 3 N–H and O–H groups in total. The maximum atomic E-state index is 14.3. The number of nitrogens with one attached hydrogen (secondary N) is 2. The number of carbonyl (C=O) groups excluding carboxylic acids is 2. The van der Waals surface area contributed by atoms with Crippen LogP contribution in [-0.2, 0) is 14.4 Å². The van der Waals surface area contributed by atoms with Gasteiger partial charge in [-0.25, -0.2) is 9.78 Å². The van der Waals surface area contributed by atoms with E-state index in [4.69, 9.17) is 16.3 Å². The van der Waals surface area contributed by atoms with Gasteiger partial charge >= 0.3 is 5.97 Å². The minimum absolute atomic E-state index is 0.191. The zero-order valence-electron chi connectivity index (χ0n) is 23.8. The van der Waals surface area contributed by atoms with Crippen LogP contribution >= 0.6 is 22.9 Å². The highest BCUT2D eigenvalue weighted by Crippen LogP contribution is 2.37. The average Bonchev–Trinajstić information content (AvgIpc) is 3.72. The molecule has 0 spiro atoms. The lowest BCUT2D eigenvalue weighted by molar-refractivity contribution is -0.148. The van der Waals surface area contributed by atoms with Gasteiger partial charge in [-0.05, 0) is 68.5 Å². The highest BCUT2D eigenvalue weighted by atomic mass is 35.5. The zero-order chi connectivity index (χ0) is 30.0. The minimum Gasteiger partial charge on any atom is -0.479 e. The number of fused-ring (bicyclic) bond motifs is 4. The second-order valence-corrected chi connectivity index (χ2v) is 13.1. The monoisotopic (exact) mass is 622 g/mol. The summed E-state index contributed by atoms with van der Waals surface area (Å²) < 4.78 is 7.26. The van der Waals surface area contributed by atoms with E-state index in [2.05, 4.69) is 21.7 Å². The Morgan fingerprint density at radius 1 is 1.14 bits per heavy atom. The predicted octanol–water partition coefficient (Wildman–Crippen LogP) is 5.79. The summed E-state index contributed by atoms with van der Waals surface area (Å²) >= 11 is 7.51.